The summed E-state index contributed by atoms with van der Waals surface area (Å²) in [6.07, 6.45) is 11.6. The third kappa shape index (κ3) is 29.5. The van der Waals surface area contributed by atoms with Crippen LogP contribution in [0.25, 0.3) is 0 Å². The molecule has 0 amide bonds. The van der Waals surface area contributed by atoms with E-state index in [0.29, 0.717) is 19.3 Å². The van der Waals surface area contributed by atoms with Crippen LogP contribution in [0, 0.1) is 0 Å². The summed E-state index contributed by atoms with van der Waals surface area (Å²) in [6, 6.07) is 0. The Morgan fingerprint density at radius 2 is 0.919 bits per heavy atom. The molecule has 0 aliphatic heterocycles. The molecule has 7 N–H and O–H groups in total. The van der Waals surface area contributed by atoms with Gasteiger partial charge in [0.05, 0.1) is 6.61 Å². The number of phosphoric acid groups is 2. The summed E-state index contributed by atoms with van der Waals surface area (Å²) in [5.41, 5.74) is 0. The first-order valence-corrected chi connectivity index (χ1v) is 27.1. The third-order valence-corrected chi connectivity index (χ3v) is 13.2. The molecule has 1 rings (SSSR count). The van der Waals surface area contributed by atoms with Gasteiger partial charge in [-0.25, -0.2) is 9.13 Å². The molecule has 0 heterocycles. The van der Waals surface area contributed by atoms with Crippen molar-refractivity contribution in [2.24, 2.45) is 0 Å². The van der Waals surface area contributed by atoms with Crippen molar-refractivity contribution in [1.29, 1.82) is 0 Å². The molecule has 1 saturated carbocycles. The van der Waals surface area contributed by atoms with E-state index in [1.807, 2.05) is 6.92 Å². The van der Waals surface area contributed by atoms with Gasteiger partial charge in [0.1, 0.15) is 43.2 Å². The molecule has 1 aliphatic rings. The van der Waals surface area contributed by atoms with Crippen LogP contribution in [0.3, 0.4) is 0 Å². The second-order valence-electron chi connectivity index (χ2n) is 16.4. The lowest BCUT2D eigenvalue weighted by molar-refractivity contribution is -0.216. The summed E-state index contributed by atoms with van der Waals surface area (Å²) in [7, 11) is -10.6. The minimum absolute atomic E-state index is 0.0457. The van der Waals surface area contributed by atoms with Gasteiger partial charge in [0.2, 0.25) is 0 Å². The molecule has 1 aliphatic carbocycles. The zero-order valence-corrected chi connectivity index (χ0v) is 39.9. The van der Waals surface area contributed by atoms with E-state index < -0.39 is 83.5 Å². The van der Waals surface area contributed by atoms with E-state index in [-0.39, 0.29) is 18.0 Å². The van der Waals surface area contributed by atoms with Crippen molar-refractivity contribution in [2.45, 2.75) is 230 Å². The highest BCUT2D eigenvalue weighted by Crippen LogP contribution is 2.48. The molecule has 4 unspecified atom stereocenters. The highest BCUT2D eigenvalue weighted by Gasteiger charge is 2.54. The Bertz CT molecular complexity index is 1270. The molecule has 0 aromatic heterocycles. The first-order valence-electron chi connectivity index (χ1n) is 23.1. The van der Waals surface area contributed by atoms with Crippen molar-refractivity contribution in [3.8, 4) is 0 Å². The Balaban J connectivity index is 2.56. The topological polar surface area (TPSA) is 273 Å². The van der Waals surface area contributed by atoms with Gasteiger partial charge in [-0.3, -0.25) is 28.0 Å². The largest absolute Gasteiger partial charge is 0.472 e. The molecule has 1 fully saturated rings. The summed E-state index contributed by atoms with van der Waals surface area (Å²) in [5.74, 6) is -0.322. The lowest BCUT2D eigenvalue weighted by Gasteiger charge is -2.43. The number of carbonyl (C=O) groups excluding carboxylic acids is 3. The highest BCUT2D eigenvalue weighted by atomic mass is 32.2. The molecule has 62 heavy (non-hydrogen) atoms. The van der Waals surface area contributed by atoms with Gasteiger partial charge in [-0.05, 0) is 25.7 Å². The van der Waals surface area contributed by atoms with Crippen LogP contribution in [0.15, 0.2) is 0 Å². The Hall–Kier alpha value is -0.980. The van der Waals surface area contributed by atoms with Crippen molar-refractivity contribution in [3.63, 3.8) is 0 Å². The number of hydrogen-bond acceptors (Lipinski definition) is 15. The second-order valence-corrected chi connectivity index (χ2v) is 20.2. The number of rotatable bonds is 39. The van der Waals surface area contributed by atoms with E-state index in [1.165, 1.54) is 63.1 Å². The highest BCUT2D eigenvalue weighted by molar-refractivity contribution is 8.13. The maximum atomic E-state index is 12.9. The number of aliphatic hydroxyl groups excluding tert-OH is 4. The fourth-order valence-electron chi connectivity index (χ4n) is 7.10. The van der Waals surface area contributed by atoms with Crippen LogP contribution in [-0.2, 0) is 46.6 Å². The van der Waals surface area contributed by atoms with Crippen LogP contribution in [0.1, 0.15) is 187 Å². The monoisotopic (exact) mass is 950 g/mol. The molecule has 17 nitrogen and oxygen atoms in total. The lowest BCUT2D eigenvalue weighted by atomic mass is 9.85. The van der Waals surface area contributed by atoms with Crippen LogP contribution < -0.4 is 0 Å². The normalized spacial score (nSPS) is 22.0. The van der Waals surface area contributed by atoms with Crippen LogP contribution in [0.2, 0.25) is 0 Å². The Kier molecular flexibility index (Phi) is 33.6. The molecule has 8 atom stereocenters. The summed E-state index contributed by atoms with van der Waals surface area (Å²) in [4.78, 5) is 65.5. The van der Waals surface area contributed by atoms with Gasteiger partial charge < -0.3 is 44.6 Å². The van der Waals surface area contributed by atoms with E-state index in [4.69, 9.17) is 28.3 Å². The second kappa shape index (κ2) is 35.2. The van der Waals surface area contributed by atoms with Gasteiger partial charge in [0.15, 0.2) is 11.2 Å². The first kappa shape index (κ1) is 59.0. The zero-order valence-electron chi connectivity index (χ0n) is 37.3. The first-order chi connectivity index (χ1) is 29.5. The quantitative estimate of drug-likeness (QED) is 0.0176. The van der Waals surface area contributed by atoms with Gasteiger partial charge in [-0.1, -0.05) is 154 Å². The van der Waals surface area contributed by atoms with Gasteiger partial charge in [0.25, 0.3) is 0 Å². The smallest absolute Gasteiger partial charge is 0.462 e. The van der Waals surface area contributed by atoms with Crippen molar-refractivity contribution >= 4 is 44.5 Å². The van der Waals surface area contributed by atoms with Crippen molar-refractivity contribution in [1.82, 2.24) is 0 Å². The minimum Gasteiger partial charge on any atom is -0.462 e. The van der Waals surface area contributed by atoms with E-state index in [1.54, 1.807) is 0 Å². The number of hydrogen-bond donors (Lipinski definition) is 7. The van der Waals surface area contributed by atoms with Crippen molar-refractivity contribution < 1.29 is 81.7 Å². The molecule has 366 valence electrons. The number of aliphatic hydroxyl groups is 4. The number of phosphoric ester groups is 2. The Morgan fingerprint density at radius 3 is 1.35 bits per heavy atom. The molecular formula is C42H80O17P2S. The molecule has 0 saturated heterocycles. The predicted molar refractivity (Wildman–Crippen MR) is 236 cm³/mol. The molecule has 0 radical (unpaired) electrons. The number of ether oxygens (including phenoxy) is 2. The van der Waals surface area contributed by atoms with Crippen LogP contribution in [0.5, 0.6) is 0 Å². The fraction of sp³-hybridized carbons (Fsp3) is 0.929. The lowest BCUT2D eigenvalue weighted by Crippen LogP contribution is -2.64. The minimum atomic E-state index is -5.31. The maximum absolute atomic E-state index is 12.9. The standard InChI is InChI=1S/C42H80O17P2S/c1-3-5-6-7-8-9-10-11-12-16-19-22-25-29-35(44)57-33(31-55-34(43)28-24-21-18-15-13-14-17-20-23-26-30-62-36(45)27-4-2)32-56-61(53,54)59-42-39(48)37(46)41(38(47)40(42)49)58-60(50,51)52/h33,37-42,46-49H,3-32H2,1-2H3,(H,53,54)(H2,50,51,52)/t33-,37-,38+,39?,40-,41?,42?/m1/s1. The average Bonchev–Trinajstić information content (AvgIpc) is 3.21. The molecule has 0 spiro atoms. The van der Waals surface area contributed by atoms with Crippen LogP contribution >= 0.6 is 27.4 Å². The molecule has 0 aromatic rings. The number of unbranched alkanes of at least 4 members (excludes halogenated alkanes) is 21. The SMILES string of the molecule is CCCCCCCCCCCCCCCC(=O)O[C@H](COC(=O)CCCCCCCCCCCCSC(=O)CCC)COP(=O)(O)OC1C(O)[C@@H](O)C(OP(=O)(O)O)[C@@H](O)[C@H]1O. The summed E-state index contributed by atoms with van der Waals surface area (Å²) in [6.45, 7) is 2.89. The molecule has 0 aromatic carbocycles. The van der Waals surface area contributed by atoms with Crippen LogP contribution in [0.4, 0.5) is 0 Å². The van der Waals surface area contributed by atoms with Gasteiger partial charge in [-0.2, -0.15) is 0 Å². The van der Waals surface area contributed by atoms with E-state index in [2.05, 4.69) is 11.4 Å². The number of carbonyl (C=O) groups is 3. The van der Waals surface area contributed by atoms with Crippen molar-refractivity contribution in [3.05, 3.63) is 0 Å². The maximum Gasteiger partial charge on any atom is 0.472 e. The van der Waals surface area contributed by atoms with Crippen LogP contribution in [-0.4, -0.2) is 114 Å². The summed E-state index contributed by atoms with van der Waals surface area (Å²) in [5, 5.41) is 41.7. The third-order valence-electron chi connectivity index (χ3n) is 10.7. The Labute approximate surface area is 374 Å². The zero-order chi connectivity index (χ0) is 46.2. The predicted octanol–water partition coefficient (Wildman–Crippen LogP) is 7.71. The molecule has 20 heteroatoms. The average molecular weight is 951 g/mol. The molecule has 0 bridgehead atoms. The van der Waals surface area contributed by atoms with Crippen molar-refractivity contribution in [2.75, 3.05) is 19.0 Å². The van der Waals surface area contributed by atoms with Gasteiger partial charge >= 0.3 is 27.6 Å². The number of esters is 2. The van der Waals surface area contributed by atoms with E-state index >= 15 is 0 Å². The number of thioether (sulfide) groups is 1. The Morgan fingerprint density at radius 1 is 0.516 bits per heavy atom. The molecular weight excluding hydrogens is 870 g/mol. The van der Waals surface area contributed by atoms with E-state index in [9.17, 15) is 48.8 Å². The fourth-order valence-corrected chi connectivity index (χ4v) is 9.57. The summed E-state index contributed by atoms with van der Waals surface area (Å²) < 4.78 is 49.1. The van der Waals surface area contributed by atoms with E-state index in [0.717, 1.165) is 95.6 Å². The van der Waals surface area contributed by atoms with Gasteiger partial charge in [-0.15, -0.1) is 0 Å². The van der Waals surface area contributed by atoms with Gasteiger partial charge in [0, 0.05) is 25.0 Å². The summed E-state index contributed by atoms with van der Waals surface area (Å²) >= 11 is 1.44.